The summed E-state index contributed by atoms with van der Waals surface area (Å²) >= 11 is 0. The van der Waals surface area contributed by atoms with Crippen LogP contribution in [-0.2, 0) is 4.79 Å². The van der Waals surface area contributed by atoms with E-state index < -0.39 is 6.10 Å². The van der Waals surface area contributed by atoms with Crippen molar-refractivity contribution in [3.05, 3.63) is 35.9 Å². The zero-order valence-corrected chi connectivity index (χ0v) is 12.5. The van der Waals surface area contributed by atoms with Crippen molar-refractivity contribution in [1.82, 2.24) is 5.32 Å². The van der Waals surface area contributed by atoms with E-state index in [-0.39, 0.29) is 18.6 Å². The number of rotatable bonds is 5. The van der Waals surface area contributed by atoms with E-state index >= 15 is 0 Å². The van der Waals surface area contributed by atoms with Crippen LogP contribution < -0.4 is 14.8 Å². The van der Waals surface area contributed by atoms with Crippen molar-refractivity contribution < 1.29 is 19.4 Å². The Hall–Kier alpha value is -2.01. The highest BCUT2D eigenvalue weighted by Crippen LogP contribution is 2.34. The summed E-state index contributed by atoms with van der Waals surface area (Å²) in [5.41, 5.74) is 0.777. The van der Waals surface area contributed by atoms with Gasteiger partial charge in [-0.3, -0.25) is 4.79 Å². The summed E-state index contributed by atoms with van der Waals surface area (Å²) in [7, 11) is 0. The summed E-state index contributed by atoms with van der Waals surface area (Å²) in [6.45, 7) is 0.690. The second-order valence-electron chi connectivity index (χ2n) is 5.69. The van der Waals surface area contributed by atoms with Crippen molar-refractivity contribution in [2.24, 2.45) is 5.92 Å². The lowest BCUT2D eigenvalue weighted by Gasteiger charge is -2.18. The number of fused-ring (bicyclic) bond motifs is 1. The van der Waals surface area contributed by atoms with Crippen molar-refractivity contribution in [3.8, 4) is 11.5 Å². The second-order valence-corrected chi connectivity index (χ2v) is 5.69. The van der Waals surface area contributed by atoms with Crippen LogP contribution in [-0.4, -0.2) is 24.4 Å². The highest BCUT2D eigenvalue weighted by Gasteiger charge is 2.19. The first-order valence-electron chi connectivity index (χ1n) is 7.74. The first-order chi connectivity index (χ1) is 10.7. The molecule has 3 rings (SSSR count). The van der Waals surface area contributed by atoms with Gasteiger partial charge in [0.15, 0.2) is 11.5 Å². The number of carbonyl (C=O) groups is 1. The SMILES string of the molecule is O=C(NCC[C@@H](O)c1ccc2c(c1)OCO2)[C@@H]1CC=CCC1. The number of hydrogen-bond acceptors (Lipinski definition) is 4. The van der Waals surface area contributed by atoms with E-state index in [0.29, 0.717) is 24.5 Å². The molecule has 1 aliphatic carbocycles. The zero-order valence-electron chi connectivity index (χ0n) is 12.5. The Morgan fingerprint density at radius 3 is 3.00 bits per heavy atom. The van der Waals surface area contributed by atoms with Gasteiger partial charge in [-0.05, 0) is 43.4 Å². The zero-order chi connectivity index (χ0) is 15.4. The molecule has 0 radical (unpaired) electrons. The topological polar surface area (TPSA) is 67.8 Å². The van der Waals surface area contributed by atoms with Gasteiger partial charge in [0, 0.05) is 12.5 Å². The van der Waals surface area contributed by atoms with Gasteiger partial charge in [0.05, 0.1) is 6.10 Å². The number of aliphatic hydroxyl groups excluding tert-OH is 1. The van der Waals surface area contributed by atoms with Crippen LogP contribution >= 0.6 is 0 Å². The number of hydrogen-bond donors (Lipinski definition) is 2. The molecule has 1 amide bonds. The normalized spacial score (nSPS) is 20.7. The van der Waals surface area contributed by atoms with Crippen LogP contribution in [0.15, 0.2) is 30.4 Å². The monoisotopic (exact) mass is 303 g/mol. The van der Waals surface area contributed by atoms with Crippen LogP contribution in [0.2, 0.25) is 0 Å². The van der Waals surface area contributed by atoms with E-state index in [2.05, 4.69) is 17.5 Å². The number of ether oxygens (including phenoxy) is 2. The van der Waals surface area contributed by atoms with Gasteiger partial charge in [-0.1, -0.05) is 18.2 Å². The standard InChI is InChI=1S/C17H21NO4/c19-14(13-6-7-15-16(10-13)22-11-21-15)8-9-18-17(20)12-4-2-1-3-5-12/h1-2,6-7,10,12,14,19H,3-5,8-9,11H2,(H,18,20)/t12-,14-/m1/s1. The molecule has 1 aliphatic heterocycles. The van der Waals surface area contributed by atoms with Crippen LogP contribution in [0.3, 0.4) is 0 Å². The molecule has 1 heterocycles. The molecule has 1 aromatic rings. The number of allylic oxidation sites excluding steroid dienone is 2. The Labute approximate surface area is 129 Å². The van der Waals surface area contributed by atoms with Gasteiger partial charge in [-0.15, -0.1) is 0 Å². The van der Waals surface area contributed by atoms with Crippen LogP contribution in [0.4, 0.5) is 0 Å². The highest BCUT2D eigenvalue weighted by molar-refractivity contribution is 5.78. The molecule has 0 saturated heterocycles. The van der Waals surface area contributed by atoms with Crippen molar-refractivity contribution >= 4 is 5.91 Å². The Balaban J connectivity index is 1.47. The maximum Gasteiger partial charge on any atom is 0.231 e. The fraction of sp³-hybridized carbons (Fsp3) is 0.471. The first kappa shape index (κ1) is 14.9. The molecule has 2 aliphatic rings. The molecule has 1 aromatic carbocycles. The van der Waals surface area contributed by atoms with Gasteiger partial charge < -0.3 is 19.9 Å². The average molecular weight is 303 g/mol. The molecule has 0 aromatic heterocycles. The highest BCUT2D eigenvalue weighted by atomic mass is 16.7. The second kappa shape index (κ2) is 6.83. The first-order valence-corrected chi connectivity index (χ1v) is 7.74. The molecule has 2 N–H and O–H groups in total. The molecule has 2 atom stereocenters. The summed E-state index contributed by atoms with van der Waals surface area (Å²) in [6.07, 6.45) is 6.73. The molecule has 5 heteroatoms. The lowest BCUT2D eigenvalue weighted by molar-refractivity contribution is -0.125. The maximum atomic E-state index is 12.0. The number of carbonyl (C=O) groups excluding carboxylic acids is 1. The number of nitrogens with one attached hydrogen (secondary N) is 1. The number of amides is 1. The minimum absolute atomic E-state index is 0.0766. The van der Waals surface area contributed by atoms with Gasteiger partial charge >= 0.3 is 0 Å². The van der Waals surface area contributed by atoms with Crippen molar-refractivity contribution in [2.45, 2.75) is 31.8 Å². The summed E-state index contributed by atoms with van der Waals surface area (Å²) < 4.78 is 10.5. The maximum absolute atomic E-state index is 12.0. The van der Waals surface area contributed by atoms with E-state index in [1.54, 1.807) is 12.1 Å². The third-order valence-electron chi connectivity index (χ3n) is 4.14. The predicted molar refractivity (Wildman–Crippen MR) is 81.6 cm³/mol. The summed E-state index contributed by atoms with van der Waals surface area (Å²) in [5.74, 6) is 1.53. The smallest absolute Gasteiger partial charge is 0.231 e. The van der Waals surface area contributed by atoms with Crippen molar-refractivity contribution in [3.63, 3.8) is 0 Å². The predicted octanol–water partition coefficient (Wildman–Crippen LogP) is 2.31. The third-order valence-corrected chi connectivity index (χ3v) is 4.14. The third kappa shape index (κ3) is 3.42. The van der Waals surface area contributed by atoms with E-state index in [4.69, 9.17) is 9.47 Å². The van der Waals surface area contributed by atoms with Crippen LogP contribution in [0.25, 0.3) is 0 Å². The lowest BCUT2D eigenvalue weighted by Crippen LogP contribution is -2.32. The molecule has 5 nitrogen and oxygen atoms in total. The van der Waals surface area contributed by atoms with Gasteiger partial charge in [0.1, 0.15) is 0 Å². The molecule has 0 fully saturated rings. The summed E-state index contributed by atoms with van der Waals surface area (Å²) in [5, 5.41) is 13.1. The molecular formula is C17H21NO4. The van der Waals surface area contributed by atoms with E-state index in [1.807, 2.05) is 6.07 Å². The van der Waals surface area contributed by atoms with E-state index in [1.165, 1.54) is 0 Å². The molecule has 0 saturated carbocycles. The molecule has 0 bridgehead atoms. The fourth-order valence-corrected chi connectivity index (χ4v) is 2.80. The molecule has 0 spiro atoms. The van der Waals surface area contributed by atoms with Crippen molar-refractivity contribution in [2.75, 3.05) is 13.3 Å². The van der Waals surface area contributed by atoms with Gasteiger partial charge in [0.2, 0.25) is 12.7 Å². The van der Waals surface area contributed by atoms with Crippen LogP contribution in [0.5, 0.6) is 11.5 Å². The fourth-order valence-electron chi connectivity index (χ4n) is 2.80. The number of aliphatic hydroxyl groups is 1. The van der Waals surface area contributed by atoms with Gasteiger partial charge in [-0.2, -0.15) is 0 Å². The molecule has 0 unspecified atom stereocenters. The molecule has 22 heavy (non-hydrogen) atoms. The largest absolute Gasteiger partial charge is 0.454 e. The van der Waals surface area contributed by atoms with Gasteiger partial charge in [0.25, 0.3) is 0 Å². The molecular weight excluding hydrogens is 282 g/mol. The van der Waals surface area contributed by atoms with E-state index in [9.17, 15) is 9.90 Å². The Bertz CT molecular complexity index is 570. The molecule has 118 valence electrons. The quantitative estimate of drug-likeness (QED) is 0.819. The minimum Gasteiger partial charge on any atom is -0.454 e. The Morgan fingerprint density at radius 2 is 2.18 bits per heavy atom. The average Bonchev–Trinajstić information content (AvgIpc) is 3.03. The van der Waals surface area contributed by atoms with Gasteiger partial charge in [-0.25, -0.2) is 0 Å². The van der Waals surface area contributed by atoms with Crippen LogP contribution in [0, 0.1) is 5.92 Å². The number of benzene rings is 1. The lowest BCUT2D eigenvalue weighted by atomic mass is 9.93. The Morgan fingerprint density at radius 1 is 1.32 bits per heavy atom. The minimum atomic E-state index is -0.624. The Kier molecular flexibility index (Phi) is 4.63. The summed E-state index contributed by atoms with van der Waals surface area (Å²) in [4.78, 5) is 12.0. The van der Waals surface area contributed by atoms with E-state index in [0.717, 1.165) is 24.8 Å². The van der Waals surface area contributed by atoms with Crippen molar-refractivity contribution in [1.29, 1.82) is 0 Å². The van der Waals surface area contributed by atoms with Crippen LogP contribution in [0.1, 0.15) is 37.4 Å². The summed E-state index contributed by atoms with van der Waals surface area (Å²) in [6, 6.07) is 5.42.